The molecule has 0 aliphatic rings. The molecule has 1 heterocycles. The number of hydrogen-bond acceptors (Lipinski definition) is 4. The van der Waals surface area contributed by atoms with Crippen molar-refractivity contribution in [1.82, 2.24) is 0 Å². The largest absolute Gasteiger partial charge is 0.508 e. The smallest absolute Gasteiger partial charge is 0.342 e. The number of phenolic OH excluding ortho intramolecular Hbond substituents is 1. The monoisotopic (exact) mass is 552 g/mol. The van der Waals surface area contributed by atoms with Crippen molar-refractivity contribution in [2.45, 2.75) is 13.3 Å². The van der Waals surface area contributed by atoms with Crippen LogP contribution in [0.3, 0.4) is 0 Å². The third-order valence-electron chi connectivity index (χ3n) is 4.99. The second-order valence-electron chi connectivity index (χ2n) is 7.02. The molecule has 0 aliphatic heterocycles. The first-order chi connectivity index (χ1) is 14.6. The molecule has 4 rings (SSSR count). The molecule has 1 radical (unpaired) electrons. The standard InChI is InChI=1S/C25H20BrO4.Y/c1-16-4-2-3-5-20(16)24-22(14-17-6-9-19(10-7-17)29-13-12-26)21-11-8-18(27)15-23(21)30-25(24)28;/h3-11,15,27H,12-14H2,1H3;/q-1;. The van der Waals surface area contributed by atoms with Crippen molar-refractivity contribution in [2.75, 3.05) is 11.9 Å². The molecule has 0 spiro atoms. The van der Waals surface area contributed by atoms with Crippen LogP contribution in [0.4, 0.5) is 0 Å². The fourth-order valence-electron chi connectivity index (χ4n) is 3.57. The van der Waals surface area contributed by atoms with Crippen molar-refractivity contribution in [3.63, 3.8) is 0 Å². The Balaban J connectivity index is 0.00000272. The number of halogens is 1. The van der Waals surface area contributed by atoms with Crippen molar-refractivity contribution in [3.8, 4) is 22.6 Å². The van der Waals surface area contributed by atoms with E-state index in [0.717, 1.165) is 38.7 Å². The molecule has 155 valence electrons. The zero-order chi connectivity index (χ0) is 21.1. The Hall–Kier alpha value is -1.95. The summed E-state index contributed by atoms with van der Waals surface area (Å²) in [6, 6.07) is 21.3. The van der Waals surface area contributed by atoms with Gasteiger partial charge in [-0.25, -0.2) is 4.79 Å². The van der Waals surface area contributed by atoms with Gasteiger partial charge in [0.15, 0.2) is 0 Å². The van der Waals surface area contributed by atoms with Crippen molar-refractivity contribution < 1.29 is 47.0 Å². The van der Waals surface area contributed by atoms with Crippen LogP contribution in [0.5, 0.6) is 11.5 Å². The van der Waals surface area contributed by atoms with Crippen LogP contribution < -0.4 is 10.4 Å². The van der Waals surface area contributed by atoms with Gasteiger partial charge in [0.05, 0.1) is 6.61 Å². The summed E-state index contributed by atoms with van der Waals surface area (Å²) in [7, 11) is 0. The molecule has 4 aromatic rings. The van der Waals surface area contributed by atoms with Gasteiger partial charge in [-0.1, -0.05) is 35.0 Å². The summed E-state index contributed by atoms with van der Waals surface area (Å²) in [5.74, 6) is 0.860. The van der Waals surface area contributed by atoms with Crippen molar-refractivity contribution in [1.29, 1.82) is 0 Å². The van der Waals surface area contributed by atoms with Gasteiger partial charge in [-0.05, 0) is 41.8 Å². The van der Waals surface area contributed by atoms with Gasteiger partial charge in [-0.2, -0.15) is 29.8 Å². The van der Waals surface area contributed by atoms with Crippen LogP contribution in [0.25, 0.3) is 22.1 Å². The van der Waals surface area contributed by atoms with E-state index in [1.165, 1.54) is 6.07 Å². The van der Waals surface area contributed by atoms with Crippen LogP contribution in [0.2, 0.25) is 0 Å². The molecule has 6 heteroatoms. The number of ether oxygens (including phenoxy) is 1. The normalized spacial score (nSPS) is 10.6. The molecule has 0 amide bonds. The van der Waals surface area contributed by atoms with Gasteiger partial charge in [-0.3, -0.25) is 0 Å². The molecular formula is C25H20BrO4Y-. The maximum absolute atomic E-state index is 13.0. The Morgan fingerprint density at radius 1 is 1.13 bits per heavy atom. The van der Waals surface area contributed by atoms with Crippen LogP contribution >= 0.6 is 15.9 Å². The number of phenols is 1. The van der Waals surface area contributed by atoms with E-state index in [9.17, 15) is 9.90 Å². The molecule has 0 fully saturated rings. The second kappa shape index (κ2) is 10.6. The summed E-state index contributed by atoms with van der Waals surface area (Å²) in [4.78, 5) is 13.0. The minimum atomic E-state index is -0.422. The summed E-state index contributed by atoms with van der Waals surface area (Å²) in [5.41, 5.74) is 4.17. The number of fused-ring (bicyclic) bond motifs is 1. The topological polar surface area (TPSA) is 59.7 Å². The maximum Gasteiger partial charge on any atom is 0.342 e. The van der Waals surface area contributed by atoms with Gasteiger partial charge < -0.3 is 14.3 Å². The first kappa shape index (κ1) is 23.7. The molecular weight excluding hydrogens is 533 g/mol. The summed E-state index contributed by atoms with van der Waals surface area (Å²) < 4.78 is 11.2. The van der Waals surface area contributed by atoms with Gasteiger partial charge in [0.25, 0.3) is 0 Å². The minimum Gasteiger partial charge on any atom is -0.508 e. The van der Waals surface area contributed by atoms with Crippen molar-refractivity contribution >= 4 is 26.9 Å². The van der Waals surface area contributed by atoms with E-state index in [-0.39, 0.29) is 38.5 Å². The molecule has 4 nitrogen and oxygen atoms in total. The molecule has 3 aromatic carbocycles. The van der Waals surface area contributed by atoms with Crippen LogP contribution in [-0.2, 0) is 39.1 Å². The summed E-state index contributed by atoms with van der Waals surface area (Å²) in [6.07, 6.45) is 0.541. The molecule has 0 saturated heterocycles. The van der Waals surface area contributed by atoms with Gasteiger partial charge in [0, 0.05) is 55.1 Å². The molecule has 31 heavy (non-hydrogen) atoms. The average molecular weight is 553 g/mol. The summed E-state index contributed by atoms with van der Waals surface area (Å²) in [6.45, 7) is 2.55. The number of aryl methyl sites for hydroxylation is 1. The fraction of sp³-hybridized carbons (Fsp3) is 0.160. The maximum atomic E-state index is 13.0. The zero-order valence-electron chi connectivity index (χ0n) is 17.0. The van der Waals surface area contributed by atoms with Crippen LogP contribution in [0.15, 0.2) is 69.9 Å². The summed E-state index contributed by atoms with van der Waals surface area (Å²) >= 11 is 3.35. The number of hydrogen-bond donors (Lipinski definition) is 1. The van der Waals surface area contributed by atoms with Crippen molar-refractivity contribution in [2.24, 2.45) is 0 Å². The number of benzene rings is 3. The van der Waals surface area contributed by atoms with E-state index in [2.05, 4.69) is 22.0 Å². The van der Waals surface area contributed by atoms with E-state index < -0.39 is 5.63 Å². The number of alkyl halides is 1. The van der Waals surface area contributed by atoms with Crippen LogP contribution in [-0.4, -0.2) is 17.0 Å². The Morgan fingerprint density at radius 3 is 2.61 bits per heavy atom. The number of aromatic hydroxyl groups is 1. The first-order valence-corrected chi connectivity index (χ1v) is 10.7. The van der Waals surface area contributed by atoms with Crippen molar-refractivity contribution in [3.05, 3.63) is 93.8 Å². The Morgan fingerprint density at radius 2 is 1.90 bits per heavy atom. The predicted molar refractivity (Wildman–Crippen MR) is 122 cm³/mol. The third kappa shape index (κ3) is 5.28. The van der Waals surface area contributed by atoms with Crippen LogP contribution in [0.1, 0.15) is 16.7 Å². The average Bonchev–Trinajstić information content (AvgIpc) is 2.74. The SMILES string of the molecule is Cc1c[c-]ccc1-c1c(Cc2ccc(OCCBr)cc2)c2ccc(O)cc2oc1=O.[Y]. The Bertz CT molecular complexity index is 1250. The van der Waals surface area contributed by atoms with E-state index >= 15 is 0 Å². The quantitative estimate of drug-likeness (QED) is 0.191. The van der Waals surface area contributed by atoms with E-state index in [0.29, 0.717) is 24.2 Å². The fourth-order valence-corrected chi connectivity index (χ4v) is 3.73. The Kier molecular flexibility index (Phi) is 8.09. The van der Waals surface area contributed by atoms with Gasteiger partial charge in [-0.15, -0.1) is 5.56 Å². The van der Waals surface area contributed by atoms with E-state index in [4.69, 9.17) is 9.15 Å². The number of rotatable bonds is 6. The third-order valence-corrected chi connectivity index (χ3v) is 5.31. The Labute approximate surface area is 214 Å². The van der Waals surface area contributed by atoms with Gasteiger partial charge in [0.1, 0.15) is 17.1 Å². The molecule has 1 aromatic heterocycles. The van der Waals surface area contributed by atoms with Crippen LogP contribution in [0, 0.1) is 13.0 Å². The molecule has 1 N–H and O–H groups in total. The predicted octanol–water partition coefficient (Wildman–Crippen LogP) is 5.64. The second-order valence-corrected chi connectivity index (χ2v) is 7.82. The molecule has 0 unspecified atom stereocenters. The summed E-state index contributed by atoms with van der Waals surface area (Å²) in [5, 5.41) is 11.4. The van der Waals surface area contributed by atoms with Gasteiger partial charge >= 0.3 is 5.63 Å². The van der Waals surface area contributed by atoms with Gasteiger partial charge in [0.2, 0.25) is 0 Å². The van der Waals surface area contributed by atoms with E-state index in [1.807, 2.05) is 43.3 Å². The molecule has 0 atom stereocenters. The van der Waals surface area contributed by atoms with E-state index in [1.54, 1.807) is 18.2 Å². The first-order valence-electron chi connectivity index (χ1n) is 9.60. The minimum absolute atomic E-state index is 0. The molecule has 0 saturated carbocycles. The molecule has 0 aliphatic carbocycles. The molecule has 0 bridgehead atoms. The zero-order valence-corrected chi connectivity index (χ0v) is 21.4.